The van der Waals surface area contributed by atoms with E-state index in [0.29, 0.717) is 23.6 Å². The first-order valence-corrected chi connectivity index (χ1v) is 13.4. The smallest absolute Gasteiger partial charge is 0.254 e. The van der Waals surface area contributed by atoms with Crippen LogP contribution in [0.2, 0.25) is 0 Å². The van der Waals surface area contributed by atoms with Gasteiger partial charge in [0.15, 0.2) is 11.5 Å². The van der Waals surface area contributed by atoms with Gasteiger partial charge in [-0.3, -0.25) is 14.5 Å². The lowest BCUT2D eigenvalue weighted by atomic mass is 9.96. The Labute approximate surface area is 228 Å². The molecule has 3 heterocycles. The summed E-state index contributed by atoms with van der Waals surface area (Å²) in [5.41, 5.74) is 5.40. The topological polar surface area (TPSA) is 64.0 Å². The highest BCUT2D eigenvalue weighted by Gasteiger charge is 2.37. The summed E-state index contributed by atoms with van der Waals surface area (Å²) in [5.74, 6) is 0.840. The van der Waals surface area contributed by atoms with E-state index < -0.39 is 0 Å². The lowest BCUT2D eigenvalue weighted by Crippen LogP contribution is -2.47. The van der Waals surface area contributed by atoms with Crippen molar-refractivity contribution in [2.45, 2.75) is 32.7 Å². The standard InChI is InChI=1S/C32H31N3O4/c1-3-4-16-33(32(37)24-14-15-28-29(19-24)39-21-38-28)20-30(36)35-26-12-6-5-11-25(26)34-17-8-13-27(34)31(35)23-10-7-9-22(2)18-23/h5-15,17-19,31H,3-4,16,20-21H2,1-2H3. The van der Waals surface area contributed by atoms with Crippen molar-refractivity contribution in [1.82, 2.24) is 9.47 Å². The van der Waals surface area contributed by atoms with Crippen molar-refractivity contribution in [2.75, 3.05) is 24.8 Å². The van der Waals surface area contributed by atoms with Gasteiger partial charge in [0.1, 0.15) is 12.6 Å². The molecule has 0 radical (unpaired) electrons. The van der Waals surface area contributed by atoms with Crippen LogP contribution in [0.5, 0.6) is 11.5 Å². The molecule has 1 unspecified atom stereocenters. The van der Waals surface area contributed by atoms with Crippen LogP contribution in [0, 0.1) is 6.92 Å². The Morgan fingerprint density at radius 2 is 1.74 bits per heavy atom. The Morgan fingerprint density at radius 1 is 0.923 bits per heavy atom. The van der Waals surface area contributed by atoms with E-state index in [9.17, 15) is 9.59 Å². The average Bonchev–Trinajstić information content (AvgIpc) is 3.63. The van der Waals surface area contributed by atoms with Crippen LogP contribution in [0.3, 0.4) is 0 Å². The highest BCUT2D eigenvalue weighted by molar-refractivity contribution is 6.03. The van der Waals surface area contributed by atoms with E-state index in [4.69, 9.17) is 9.47 Å². The van der Waals surface area contributed by atoms with Crippen LogP contribution in [0.1, 0.15) is 53.0 Å². The molecular formula is C32H31N3O4. The summed E-state index contributed by atoms with van der Waals surface area (Å²) < 4.78 is 13.1. The van der Waals surface area contributed by atoms with Gasteiger partial charge in [0.2, 0.25) is 12.7 Å². The van der Waals surface area contributed by atoms with Gasteiger partial charge < -0.3 is 18.9 Å². The molecule has 39 heavy (non-hydrogen) atoms. The molecule has 0 bridgehead atoms. The van der Waals surface area contributed by atoms with E-state index in [-0.39, 0.29) is 31.2 Å². The molecule has 0 aliphatic carbocycles. The number of benzene rings is 3. The normalized spacial score (nSPS) is 15.0. The van der Waals surface area contributed by atoms with Crippen molar-refractivity contribution >= 4 is 17.5 Å². The summed E-state index contributed by atoms with van der Waals surface area (Å²) in [4.78, 5) is 31.6. The number of amides is 2. The van der Waals surface area contributed by atoms with E-state index >= 15 is 0 Å². The first-order chi connectivity index (χ1) is 19.0. The third-order valence-corrected chi connectivity index (χ3v) is 7.36. The Hall–Kier alpha value is -4.52. The van der Waals surface area contributed by atoms with Gasteiger partial charge in [-0.05, 0) is 61.4 Å². The Bertz CT molecular complexity index is 1540. The predicted octanol–water partition coefficient (Wildman–Crippen LogP) is 5.89. The molecular weight excluding hydrogens is 490 g/mol. The van der Waals surface area contributed by atoms with Gasteiger partial charge in [0, 0.05) is 18.3 Å². The number of fused-ring (bicyclic) bond motifs is 4. The predicted molar refractivity (Wildman–Crippen MR) is 150 cm³/mol. The minimum Gasteiger partial charge on any atom is -0.454 e. The molecule has 2 aliphatic rings. The number of carbonyl (C=O) groups is 2. The van der Waals surface area contributed by atoms with E-state index in [1.165, 1.54) is 0 Å². The molecule has 0 saturated heterocycles. The van der Waals surface area contributed by atoms with Crippen LogP contribution in [0.15, 0.2) is 85.1 Å². The number of para-hydroxylation sites is 2. The van der Waals surface area contributed by atoms with E-state index in [0.717, 1.165) is 41.0 Å². The van der Waals surface area contributed by atoms with Crippen molar-refractivity contribution in [2.24, 2.45) is 0 Å². The summed E-state index contributed by atoms with van der Waals surface area (Å²) in [6, 6.07) is 25.2. The molecule has 0 spiro atoms. The van der Waals surface area contributed by atoms with Crippen molar-refractivity contribution in [3.63, 3.8) is 0 Å². The zero-order valence-electron chi connectivity index (χ0n) is 22.2. The average molecular weight is 522 g/mol. The van der Waals surface area contributed by atoms with E-state index in [2.05, 4.69) is 42.7 Å². The molecule has 2 amide bonds. The first kappa shape index (κ1) is 24.8. The van der Waals surface area contributed by atoms with Crippen molar-refractivity contribution < 1.29 is 19.1 Å². The minimum atomic E-state index is -0.323. The number of rotatable bonds is 7. The second kappa shape index (κ2) is 10.3. The zero-order valence-corrected chi connectivity index (χ0v) is 22.2. The van der Waals surface area contributed by atoms with Gasteiger partial charge >= 0.3 is 0 Å². The van der Waals surface area contributed by atoms with Crippen LogP contribution in [0.4, 0.5) is 5.69 Å². The molecule has 4 aromatic rings. The van der Waals surface area contributed by atoms with E-state index in [1.54, 1.807) is 23.1 Å². The summed E-state index contributed by atoms with van der Waals surface area (Å²) in [6.45, 7) is 4.72. The van der Waals surface area contributed by atoms with Crippen LogP contribution >= 0.6 is 0 Å². The van der Waals surface area contributed by atoms with Gasteiger partial charge in [-0.15, -0.1) is 0 Å². The summed E-state index contributed by atoms with van der Waals surface area (Å²) in [7, 11) is 0. The number of hydrogen-bond acceptors (Lipinski definition) is 4. The largest absolute Gasteiger partial charge is 0.454 e. The lowest BCUT2D eigenvalue weighted by Gasteiger charge is -2.39. The molecule has 7 heteroatoms. The van der Waals surface area contributed by atoms with Gasteiger partial charge in [-0.25, -0.2) is 0 Å². The fraction of sp³-hybridized carbons (Fsp3) is 0.250. The summed E-state index contributed by atoms with van der Waals surface area (Å²) in [6.07, 6.45) is 3.74. The molecule has 198 valence electrons. The third-order valence-electron chi connectivity index (χ3n) is 7.36. The fourth-order valence-electron chi connectivity index (χ4n) is 5.47. The van der Waals surface area contributed by atoms with Crippen molar-refractivity contribution in [1.29, 1.82) is 0 Å². The van der Waals surface area contributed by atoms with Gasteiger partial charge in [0.25, 0.3) is 5.91 Å². The maximum absolute atomic E-state index is 14.3. The number of unbranched alkanes of at least 4 members (excludes halogenated alkanes) is 1. The maximum atomic E-state index is 14.3. The molecule has 7 nitrogen and oxygen atoms in total. The van der Waals surface area contributed by atoms with Crippen LogP contribution in [-0.2, 0) is 4.79 Å². The molecule has 0 saturated carbocycles. The number of aromatic nitrogens is 1. The molecule has 0 N–H and O–H groups in total. The first-order valence-electron chi connectivity index (χ1n) is 13.4. The molecule has 1 atom stereocenters. The SMILES string of the molecule is CCCCN(CC(=O)N1c2ccccc2-n2cccc2C1c1cccc(C)c1)C(=O)c1ccc2c(c1)OCO2. The van der Waals surface area contributed by atoms with Gasteiger partial charge in [0.05, 0.1) is 17.1 Å². The Kier molecular flexibility index (Phi) is 6.57. The van der Waals surface area contributed by atoms with Gasteiger partial charge in [-0.1, -0.05) is 55.3 Å². The quantitative estimate of drug-likeness (QED) is 0.304. The summed E-state index contributed by atoms with van der Waals surface area (Å²) in [5, 5.41) is 0. The minimum absolute atomic E-state index is 0.0371. The Balaban J connectivity index is 1.38. The van der Waals surface area contributed by atoms with Crippen LogP contribution < -0.4 is 14.4 Å². The number of ether oxygens (including phenoxy) is 2. The highest BCUT2D eigenvalue weighted by Crippen LogP contribution is 2.42. The van der Waals surface area contributed by atoms with E-state index in [1.807, 2.05) is 47.5 Å². The van der Waals surface area contributed by atoms with Crippen molar-refractivity contribution in [3.8, 4) is 17.2 Å². The van der Waals surface area contributed by atoms with Crippen LogP contribution in [0.25, 0.3) is 5.69 Å². The zero-order chi connectivity index (χ0) is 26.9. The van der Waals surface area contributed by atoms with Gasteiger partial charge in [-0.2, -0.15) is 0 Å². The Morgan fingerprint density at radius 3 is 2.56 bits per heavy atom. The number of nitrogens with zero attached hydrogens (tertiary/aromatic N) is 3. The highest BCUT2D eigenvalue weighted by atomic mass is 16.7. The molecule has 3 aromatic carbocycles. The molecule has 2 aliphatic heterocycles. The van der Waals surface area contributed by atoms with Crippen molar-refractivity contribution in [3.05, 3.63) is 107 Å². The number of aryl methyl sites for hydroxylation is 1. The maximum Gasteiger partial charge on any atom is 0.254 e. The second-order valence-corrected chi connectivity index (χ2v) is 10.0. The second-order valence-electron chi connectivity index (χ2n) is 10.0. The van der Waals surface area contributed by atoms with Crippen LogP contribution in [-0.4, -0.2) is 41.2 Å². The number of hydrogen-bond donors (Lipinski definition) is 0. The molecule has 0 fully saturated rings. The molecule has 1 aromatic heterocycles. The monoisotopic (exact) mass is 521 g/mol. The fourth-order valence-corrected chi connectivity index (χ4v) is 5.47. The number of anilines is 1. The third kappa shape index (κ3) is 4.54. The summed E-state index contributed by atoms with van der Waals surface area (Å²) >= 11 is 0. The molecule has 6 rings (SSSR count). The number of carbonyl (C=O) groups excluding carboxylic acids is 2. The lowest BCUT2D eigenvalue weighted by molar-refractivity contribution is -0.119.